The molecule has 0 fully saturated rings. The Labute approximate surface area is 247 Å². The number of para-hydroxylation sites is 1. The molecule has 3 heterocycles. The standard InChI is InChI=1S/C19H16N.C17H10NO.Ir/c1-2-15-13-19(17-11-7-4-8-12-17)20-14-18(15)16-9-5-3-6-10-16;1-2-10-16-12(6-1)13-7-5-8-14(17(13)19-16)15-9-3-4-11-18-15;/h3-11,13-14H,2H2,1H3;1-7,9-11H;/q2*-1;. The minimum atomic E-state index is 0. The zero-order valence-electron chi connectivity index (χ0n) is 22.0. The van der Waals surface area contributed by atoms with Crippen LogP contribution in [-0.2, 0) is 26.5 Å². The normalized spacial score (nSPS) is 10.5. The maximum atomic E-state index is 5.97. The van der Waals surface area contributed by atoms with E-state index in [-0.39, 0.29) is 20.1 Å². The molecule has 0 spiro atoms. The minimum Gasteiger partial charge on any atom is -0.501 e. The topological polar surface area (TPSA) is 38.9 Å². The number of pyridine rings is 2. The second kappa shape index (κ2) is 12.7. The van der Waals surface area contributed by atoms with E-state index in [0.717, 1.165) is 50.9 Å². The van der Waals surface area contributed by atoms with E-state index in [4.69, 9.17) is 4.42 Å². The summed E-state index contributed by atoms with van der Waals surface area (Å²) in [5.74, 6) is 0. The van der Waals surface area contributed by atoms with Crippen molar-refractivity contribution in [2.24, 2.45) is 0 Å². The Balaban J connectivity index is 0.000000157. The van der Waals surface area contributed by atoms with Crippen LogP contribution in [0.2, 0.25) is 0 Å². The van der Waals surface area contributed by atoms with Crippen molar-refractivity contribution >= 4 is 21.9 Å². The Morgan fingerprint density at radius 1 is 0.700 bits per heavy atom. The molecule has 0 saturated carbocycles. The molecule has 0 amide bonds. The summed E-state index contributed by atoms with van der Waals surface area (Å²) >= 11 is 0. The van der Waals surface area contributed by atoms with E-state index in [1.807, 2.05) is 85.1 Å². The van der Waals surface area contributed by atoms with Crippen LogP contribution >= 0.6 is 0 Å². The van der Waals surface area contributed by atoms with Gasteiger partial charge in [-0.05, 0) is 41.1 Å². The molecule has 40 heavy (non-hydrogen) atoms. The number of aromatic nitrogens is 2. The monoisotopic (exact) mass is 695 g/mol. The first-order valence-corrected chi connectivity index (χ1v) is 13.1. The molecule has 197 valence electrons. The van der Waals surface area contributed by atoms with Crippen LogP contribution in [0.3, 0.4) is 0 Å². The Morgan fingerprint density at radius 2 is 1.50 bits per heavy atom. The van der Waals surface area contributed by atoms with Gasteiger partial charge in [0, 0.05) is 43.4 Å². The third kappa shape index (κ3) is 5.65. The Kier molecular flexibility index (Phi) is 8.61. The first-order chi connectivity index (χ1) is 19.3. The van der Waals surface area contributed by atoms with Crippen LogP contribution in [0.25, 0.3) is 55.6 Å². The molecule has 0 N–H and O–H groups in total. The second-order valence-corrected chi connectivity index (χ2v) is 9.13. The van der Waals surface area contributed by atoms with E-state index in [2.05, 4.69) is 65.4 Å². The molecule has 0 aliphatic carbocycles. The van der Waals surface area contributed by atoms with Gasteiger partial charge in [0.25, 0.3) is 0 Å². The van der Waals surface area contributed by atoms with Gasteiger partial charge >= 0.3 is 0 Å². The fraction of sp³-hybridized carbons (Fsp3) is 0.0556. The number of hydrogen-bond donors (Lipinski definition) is 0. The van der Waals surface area contributed by atoms with Crippen molar-refractivity contribution in [3.63, 3.8) is 0 Å². The predicted molar refractivity (Wildman–Crippen MR) is 159 cm³/mol. The molecule has 0 aliphatic rings. The summed E-state index contributed by atoms with van der Waals surface area (Å²) in [6, 6.07) is 44.9. The van der Waals surface area contributed by atoms with Crippen molar-refractivity contribution in [1.82, 2.24) is 9.97 Å². The first kappa shape index (κ1) is 27.2. The fourth-order valence-corrected chi connectivity index (χ4v) is 4.76. The van der Waals surface area contributed by atoms with Crippen LogP contribution in [0.5, 0.6) is 0 Å². The third-order valence-electron chi connectivity index (χ3n) is 6.70. The number of hydrogen-bond acceptors (Lipinski definition) is 3. The molecule has 0 unspecified atom stereocenters. The number of furan rings is 1. The summed E-state index contributed by atoms with van der Waals surface area (Å²) < 4.78 is 5.97. The van der Waals surface area contributed by atoms with E-state index >= 15 is 0 Å². The van der Waals surface area contributed by atoms with Gasteiger partial charge < -0.3 is 14.4 Å². The van der Waals surface area contributed by atoms with Crippen molar-refractivity contribution in [1.29, 1.82) is 0 Å². The number of benzene rings is 4. The molecular weight excluding hydrogens is 669 g/mol. The predicted octanol–water partition coefficient (Wildman–Crippen LogP) is 9.22. The van der Waals surface area contributed by atoms with Crippen LogP contribution in [0.4, 0.5) is 0 Å². The zero-order chi connectivity index (χ0) is 26.4. The Bertz CT molecular complexity index is 1830. The molecule has 3 aromatic heterocycles. The molecule has 4 aromatic carbocycles. The quantitative estimate of drug-likeness (QED) is 0.173. The second-order valence-electron chi connectivity index (χ2n) is 9.13. The van der Waals surface area contributed by atoms with Crippen LogP contribution in [0.1, 0.15) is 12.5 Å². The van der Waals surface area contributed by atoms with Crippen molar-refractivity contribution in [3.05, 3.63) is 145 Å². The van der Waals surface area contributed by atoms with Gasteiger partial charge in [0.2, 0.25) is 0 Å². The van der Waals surface area contributed by atoms with Crippen molar-refractivity contribution in [3.8, 4) is 33.6 Å². The molecule has 0 bridgehead atoms. The summed E-state index contributed by atoms with van der Waals surface area (Å²) in [5.41, 5.74) is 9.33. The summed E-state index contributed by atoms with van der Waals surface area (Å²) in [4.78, 5) is 8.98. The first-order valence-electron chi connectivity index (χ1n) is 13.1. The van der Waals surface area contributed by atoms with Gasteiger partial charge in [-0.1, -0.05) is 84.6 Å². The molecule has 3 nitrogen and oxygen atoms in total. The van der Waals surface area contributed by atoms with Crippen molar-refractivity contribution < 1.29 is 24.5 Å². The van der Waals surface area contributed by atoms with Gasteiger partial charge in [-0.3, -0.25) is 0 Å². The van der Waals surface area contributed by atoms with Gasteiger partial charge in [-0.2, -0.15) is 0 Å². The zero-order valence-corrected chi connectivity index (χ0v) is 24.4. The third-order valence-corrected chi connectivity index (χ3v) is 6.70. The molecule has 4 heteroatoms. The van der Waals surface area contributed by atoms with Gasteiger partial charge in [0.05, 0.1) is 5.58 Å². The van der Waals surface area contributed by atoms with Gasteiger partial charge in [0.1, 0.15) is 5.58 Å². The molecular formula is C36H26IrN2O-2. The minimum absolute atomic E-state index is 0. The summed E-state index contributed by atoms with van der Waals surface area (Å²) in [5, 5.41) is 2.23. The summed E-state index contributed by atoms with van der Waals surface area (Å²) in [6.07, 6.45) is 4.75. The van der Waals surface area contributed by atoms with E-state index in [1.165, 1.54) is 16.7 Å². The Hall–Kier alpha value is -4.37. The van der Waals surface area contributed by atoms with Crippen LogP contribution in [0.15, 0.2) is 132 Å². The molecule has 0 atom stereocenters. The molecule has 7 rings (SSSR count). The largest absolute Gasteiger partial charge is 0.501 e. The van der Waals surface area contributed by atoms with Crippen LogP contribution < -0.4 is 0 Å². The average Bonchev–Trinajstić information content (AvgIpc) is 3.41. The molecule has 0 saturated heterocycles. The molecule has 0 aliphatic heterocycles. The number of fused-ring (bicyclic) bond motifs is 3. The maximum absolute atomic E-state index is 5.97. The van der Waals surface area contributed by atoms with E-state index in [0.29, 0.717) is 0 Å². The van der Waals surface area contributed by atoms with Crippen molar-refractivity contribution in [2.75, 3.05) is 0 Å². The van der Waals surface area contributed by atoms with Crippen molar-refractivity contribution in [2.45, 2.75) is 13.3 Å². The van der Waals surface area contributed by atoms with E-state index in [9.17, 15) is 0 Å². The molecule has 1 radical (unpaired) electrons. The van der Waals surface area contributed by atoms with Crippen LogP contribution in [0, 0.1) is 12.1 Å². The summed E-state index contributed by atoms with van der Waals surface area (Å²) in [7, 11) is 0. The van der Waals surface area contributed by atoms with Crippen LogP contribution in [-0.4, -0.2) is 9.97 Å². The maximum Gasteiger partial charge on any atom is 0.120 e. The summed E-state index contributed by atoms with van der Waals surface area (Å²) in [6.45, 7) is 2.18. The fourth-order valence-electron chi connectivity index (χ4n) is 4.76. The molecule has 7 aromatic rings. The van der Waals surface area contributed by atoms with E-state index in [1.54, 1.807) is 6.20 Å². The number of aryl methyl sites for hydroxylation is 1. The number of nitrogens with zero attached hydrogens (tertiary/aromatic N) is 2. The SMILES string of the molecule is CCc1cc(-c2[c-]cccc2)ncc1-c1ccccc1.[Ir].[c-]1ccc2c(oc3ccccc32)c1-c1ccccn1. The number of rotatable bonds is 4. The average molecular weight is 695 g/mol. The Morgan fingerprint density at radius 3 is 2.27 bits per heavy atom. The van der Waals surface area contributed by atoms with Gasteiger partial charge in [0.15, 0.2) is 0 Å². The smallest absolute Gasteiger partial charge is 0.120 e. The van der Waals surface area contributed by atoms with E-state index < -0.39 is 0 Å². The van der Waals surface area contributed by atoms with Gasteiger partial charge in [-0.25, -0.2) is 0 Å². The van der Waals surface area contributed by atoms with Gasteiger partial charge in [-0.15, -0.1) is 54.1 Å².